The number of aromatic nitrogens is 1. The topological polar surface area (TPSA) is 77.2 Å². The number of carbonyl (C=O) groups excluding carboxylic acids is 1. The van der Waals surface area contributed by atoms with Gasteiger partial charge in [-0.25, -0.2) is 4.98 Å². The third-order valence-corrected chi connectivity index (χ3v) is 5.34. The number of rotatable bonds is 2. The molecule has 1 aliphatic rings. The van der Waals surface area contributed by atoms with Crippen LogP contribution in [0.3, 0.4) is 0 Å². The number of hydrogen-bond acceptors (Lipinski definition) is 5. The molecule has 3 heterocycles. The number of amides is 1. The molecule has 24 heavy (non-hydrogen) atoms. The molecule has 5 nitrogen and oxygen atoms in total. The van der Waals surface area contributed by atoms with Crippen molar-refractivity contribution in [1.82, 2.24) is 4.98 Å². The number of nitrogens with one attached hydrogen (secondary N) is 1. The van der Waals surface area contributed by atoms with Crippen molar-refractivity contribution >= 4 is 38.8 Å². The van der Waals surface area contributed by atoms with Crippen LogP contribution in [0.15, 0.2) is 30.3 Å². The Morgan fingerprint density at radius 2 is 2.21 bits per heavy atom. The fourth-order valence-corrected chi connectivity index (χ4v) is 3.86. The van der Waals surface area contributed by atoms with E-state index >= 15 is 0 Å². The van der Waals surface area contributed by atoms with E-state index in [4.69, 9.17) is 10.5 Å². The number of nitrogens with two attached hydrogens (primary N) is 1. The van der Waals surface area contributed by atoms with Crippen molar-refractivity contribution in [2.24, 2.45) is 0 Å². The lowest BCUT2D eigenvalue weighted by atomic mass is 10.1. The van der Waals surface area contributed by atoms with E-state index in [-0.39, 0.29) is 5.91 Å². The maximum atomic E-state index is 12.6. The third-order valence-electron chi connectivity index (χ3n) is 4.23. The summed E-state index contributed by atoms with van der Waals surface area (Å²) in [6.45, 7) is 3.20. The largest absolute Gasteiger partial charge is 0.397 e. The van der Waals surface area contributed by atoms with E-state index in [0.717, 1.165) is 39.1 Å². The summed E-state index contributed by atoms with van der Waals surface area (Å²) in [6, 6.07) is 9.68. The van der Waals surface area contributed by atoms with Gasteiger partial charge in [-0.3, -0.25) is 4.79 Å². The molecule has 0 fully saturated rings. The quantitative estimate of drug-likeness (QED) is 0.749. The van der Waals surface area contributed by atoms with Crippen molar-refractivity contribution in [1.29, 1.82) is 0 Å². The molecule has 0 saturated carbocycles. The first-order chi connectivity index (χ1) is 11.6. The number of aryl methyl sites for hydroxylation is 1. The summed E-state index contributed by atoms with van der Waals surface area (Å²) in [5.74, 6) is -0.195. The Labute approximate surface area is 143 Å². The molecule has 0 bridgehead atoms. The zero-order chi connectivity index (χ0) is 16.7. The van der Waals surface area contributed by atoms with E-state index < -0.39 is 0 Å². The fraction of sp³-hybridized carbons (Fsp3) is 0.222. The van der Waals surface area contributed by atoms with Gasteiger partial charge in [0.05, 0.1) is 18.9 Å². The van der Waals surface area contributed by atoms with E-state index in [0.29, 0.717) is 23.8 Å². The van der Waals surface area contributed by atoms with Gasteiger partial charge in [0.15, 0.2) is 0 Å². The van der Waals surface area contributed by atoms with E-state index in [9.17, 15) is 4.79 Å². The molecule has 0 atom stereocenters. The van der Waals surface area contributed by atoms with Crippen LogP contribution in [0.1, 0.15) is 26.5 Å². The number of thiophene rings is 1. The van der Waals surface area contributed by atoms with E-state index in [1.54, 1.807) is 0 Å². The van der Waals surface area contributed by atoms with Crippen molar-refractivity contribution in [3.63, 3.8) is 0 Å². The van der Waals surface area contributed by atoms with Crippen LogP contribution >= 0.6 is 11.3 Å². The van der Waals surface area contributed by atoms with Gasteiger partial charge in [0.1, 0.15) is 9.71 Å². The molecule has 0 aliphatic carbocycles. The molecule has 1 aliphatic heterocycles. The normalized spacial score (nSPS) is 13.7. The molecule has 1 aromatic carbocycles. The van der Waals surface area contributed by atoms with Crippen molar-refractivity contribution < 1.29 is 9.53 Å². The minimum Gasteiger partial charge on any atom is -0.397 e. The highest BCUT2D eigenvalue weighted by molar-refractivity contribution is 7.21. The third kappa shape index (κ3) is 2.53. The molecule has 0 unspecified atom stereocenters. The molecule has 0 spiro atoms. The summed E-state index contributed by atoms with van der Waals surface area (Å²) < 4.78 is 5.47. The average molecular weight is 339 g/mol. The molecule has 122 valence electrons. The Balaban J connectivity index is 1.72. The predicted octanol–water partition coefficient (Wildman–Crippen LogP) is 3.51. The van der Waals surface area contributed by atoms with Gasteiger partial charge in [-0.05, 0) is 24.6 Å². The van der Waals surface area contributed by atoms with Gasteiger partial charge in [-0.2, -0.15) is 0 Å². The molecule has 0 saturated heterocycles. The number of pyridine rings is 1. The highest BCUT2D eigenvalue weighted by Crippen LogP contribution is 2.35. The van der Waals surface area contributed by atoms with E-state index in [2.05, 4.69) is 10.3 Å². The number of nitrogens with zero attached hydrogens (tertiary/aromatic N) is 1. The number of anilines is 2. The predicted molar refractivity (Wildman–Crippen MR) is 96.5 cm³/mol. The molecule has 2 aromatic heterocycles. The number of fused-ring (bicyclic) bond motifs is 2. The first-order valence-electron chi connectivity index (χ1n) is 7.79. The summed E-state index contributed by atoms with van der Waals surface area (Å²) in [5.41, 5.74) is 10.6. The van der Waals surface area contributed by atoms with Crippen molar-refractivity contribution in [3.8, 4) is 0 Å². The van der Waals surface area contributed by atoms with Crippen molar-refractivity contribution in [2.75, 3.05) is 17.7 Å². The van der Waals surface area contributed by atoms with Gasteiger partial charge in [0.25, 0.3) is 5.91 Å². The molecule has 3 N–H and O–H groups in total. The zero-order valence-corrected chi connectivity index (χ0v) is 14.1. The van der Waals surface area contributed by atoms with Crippen LogP contribution < -0.4 is 11.1 Å². The zero-order valence-electron chi connectivity index (χ0n) is 13.3. The Morgan fingerprint density at radius 1 is 1.38 bits per heavy atom. The molecule has 1 amide bonds. The van der Waals surface area contributed by atoms with Gasteiger partial charge < -0.3 is 15.8 Å². The molecular weight excluding hydrogens is 322 g/mol. The SMILES string of the molecule is Cc1ccccc1NC(=O)c1sc2nc3c(cc2c1N)COCC3. The number of ether oxygens (including phenoxy) is 1. The first kappa shape index (κ1) is 15.1. The number of benzene rings is 1. The van der Waals surface area contributed by atoms with Crippen molar-refractivity contribution in [2.45, 2.75) is 20.0 Å². The number of para-hydroxylation sites is 1. The number of hydrogen-bond donors (Lipinski definition) is 2. The van der Waals surface area contributed by atoms with Crippen LogP contribution in [-0.4, -0.2) is 17.5 Å². The van der Waals surface area contributed by atoms with Crippen LogP contribution in [0, 0.1) is 6.92 Å². The number of carbonyl (C=O) groups is 1. The van der Waals surface area contributed by atoms with Crippen LogP contribution in [0.25, 0.3) is 10.2 Å². The van der Waals surface area contributed by atoms with Crippen LogP contribution in [0.4, 0.5) is 11.4 Å². The van der Waals surface area contributed by atoms with Crippen molar-refractivity contribution in [3.05, 3.63) is 52.0 Å². The Kier molecular flexibility index (Phi) is 3.70. The maximum Gasteiger partial charge on any atom is 0.267 e. The molecule has 4 rings (SSSR count). The Bertz CT molecular complexity index is 949. The monoisotopic (exact) mass is 339 g/mol. The van der Waals surface area contributed by atoms with Crippen LogP contribution in [0.5, 0.6) is 0 Å². The molecular formula is C18H17N3O2S. The number of nitrogen functional groups attached to an aromatic ring is 1. The fourth-order valence-electron chi connectivity index (χ4n) is 2.87. The van der Waals surface area contributed by atoms with Crippen LogP contribution in [-0.2, 0) is 17.8 Å². The highest BCUT2D eigenvalue weighted by atomic mass is 32.1. The van der Waals surface area contributed by atoms with Gasteiger partial charge in [-0.15, -0.1) is 11.3 Å². The van der Waals surface area contributed by atoms with Gasteiger partial charge in [0, 0.05) is 28.8 Å². The highest BCUT2D eigenvalue weighted by Gasteiger charge is 2.21. The smallest absolute Gasteiger partial charge is 0.267 e. The minimum absolute atomic E-state index is 0.195. The van der Waals surface area contributed by atoms with E-state index in [1.807, 2.05) is 37.3 Å². The summed E-state index contributed by atoms with van der Waals surface area (Å²) in [7, 11) is 0. The Morgan fingerprint density at radius 3 is 3.04 bits per heavy atom. The lowest BCUT2D eigenvalue weighted by Crippen LogP contribution is -2.12. The van der Waals surface area contributed by atoms with Crippen LogP contribution in [0.2, 0.25) is 0 Å². The second-order valence-electron chi connectivity index (χ2n) is 5.86. The molecule has 3 aromatic rings. The lowest BCUT2D eigenvalue weighted by Gasteiger charge is -2.15. The summed E-state index contributed by atoms with van der Waals surface area (Å²) >= 11 is 1.34. The molecule has 6 heteroatoms. The second kappa shape index (κ2) is 5.89. The standard InChI is InChI=1S/C18H17N3O2S/c1-10-4-2-3-5-13(10)20-17(22)16-15(19)12-8-11-9-23-7-6-14(11)21-18(12)24-16/h2-5,8H,6-7,9,19H2,1H3,(H,20,22). The second-order valence-corrected chi connectivity index (χ2v) is 6.86. The lowest BCUT2D eigenvalue weighted by molar-refractivity contribution is 0.103. The van der Waals surface area contributed by atoms with E-state index in [1.165, 1.54) is 11.3 Å². The Hall–Kier alpha value is -2.44. The van der Waals surface area contributed by atoms with Gasteiger partial charge in [0.2, 0.25) is 0 Å². The first-order valence-corrected chi connectivity index (χ1v) is 8.60. The van der Waals surface area contributed by atoms with Gasteiger partial charge >= 0.3 is 0 Å². The maximum absolute atomic E-state index is 12.6. The van der Waals surface area contributed by atoms with Gasteiger partial charge in [-0.1, -0.05) is 18.2 Å². The average Bonchev–Trinajstić information content (AvgIpc) is 2.91. The summed E-state index contributed by atoms with van der Waals surface area (Å²) in [4.78, 5) is 18.6. The molecule has 0 radical (unpaired) electrons. The minimum atomic E-state index is -0.195. The summed E-state index contributed by atoms with van der Waals surface area (Å²) in [5, 5.41) is 3.77. The summed E-state index contributed by atoms with van der Waals surface area (Å²) in [6.07, 6.45) is 0.799.